The summed E-state index contributed by atoms with van der Waals surface area (Å²) in [5.41, 5.74) is 0. The fourth-order valence-corrected chi connectivity index (χ4v) is 3.50. The Morgan fingerprint density at radius 2 is 1.53 bits per heavy atom. The topological polar surface area (TPSA) is 35.8 Å². The normalized spacial score (nSPS) is 39.3. The van der Waals surface area contributed by atoms with Gasteiger partial charge in [0.25, 0.3) is 0 Å². The summed E-state index contributed by atoms with van der Waals surface area (Å²) in [6.45, 7) is 2.38. The first-order valence-corrected chi connectivity index (χ1v) is 7.47. The van der Waals surface area contributed by atoms with Crippen LogP contribution < -0.4 is 5.32 Å². The highest BCUT2D eigenvalue weighted by Crippen LogP contribution is 2.28. The lowest BCUT2D eigenvalue weighted by atomic mass is 9.84. The summed E-state index contributed by atoms with van der Waals surface area (Å²) in [5, 5.41) is 13.0. The van der Waals surface area contributed by atoms with Crippen LogP contribution in [0.3, 0.4) is 0 Å². The van der Waals surface area contributed by atoms with Crippen molar-refractivity contribution >= 4 is 0 Å². The van der Waals surface area contributed by atoms with Crippen molar-refractivity contribution in [3.8, 4) is 6.07 Å². The third kappa shape index (κ3) is 3.45. The Morgan fingerprint density at radius 1 is 0.882 bits per heavy atom. The first kappa shape index (κ1) is 12.9. The van der Waals surface area contributed by atoms with Crippen molar-refractivity contribution in [2.45, 2.75) is 76.8 Å². The molecule has 0 radical (unpaired) electrons. The van der Waals surface area contributed by atoms with Gasteiger partial charge in [-0.1, -0.05) is 39.0 Å². The van der Waals surface area contributed by atoms with Crippen molar-refractivity contribution in [2.75, 3.05) is 0 Å². The third-order valence-corrected chi connectivity index (χ3v) is 4.72. The maximum absolute atomic E-state index is 9.22. The molecule has 0 spiro atoms. The van der Waals surface area contributed by atoms with E-state index in [1.165, 1.54) is 51.4 Å². The molecule has 2 aliphatic carbocycles. The number of nitrogens with zero attached hydrogens (tertiary/aromatic N) is 1. The molecule has 0 aromatic carbocycles. The largest absolute Gasteiger partial charge is 0.310 e. The standard InChI is InChI=1S/C15H26N2/c1-12-7-3-2-4-9-14(12)17-15-10-6-5-8-13(15)11-16/h12-15,17H,2-10H2,1H3. The Bertz CT molecular complexity index is 269. The molecule has 0 saturated heterocycles. The molecule has 2 heteroatoms. The van der Waals surface area contributed by atoms with Gasteiger partial charge in [0.05, 0.1) is 12.0 Å². The quantitative estimate of drug-likeness (QED) is 0.741. The van der Waals surface area contributed by atoms with Gasteiger partial charge in [-0.25, -0.2) is 0 Å². The van der Waals surface area contributed by atoms with Gasteiger partial charge < -0.3 is 5.32 Å². The lowest BCUT2D eigenvalue weighted by Crippen LogP contribution is -2.46. The molecule has 2 rings (SSSR count). The fraction of sp³-hybridized carbons (Fsp3) is 0.933. The Hall–Kier alpha value is -0.550. The van der Waals surface area contributed by atoms with Gasteiger partial charge in [0, 0.05) is 12.1 Å². The molecule has 2 aliphatic rings. The molecule has 4 atom stereocenters. The van der Waals surface area contributed by atoms with Crippen molar-refractivity contribution < 1.29 is 0 Å². The molecule has 0 aromatic rings. The zero-order valence-electron chi connectivity index (χ0n) is 11.1. The van der Waals surface area contributed by atoms with Gasteiger partial charge in [-0.2, -0.15) is 5.26 Å². The van der Waals surface area contributed by atoms with Crippen LogP contribution >= 0.6 is 0 Å². The lowest BCUT2D eigenvalue weighted by molar-refractivity contribution is 0.246. The van der Waals surface area contributed by atoms with Crippen LogP contribution in [-0.2, 0) is 0 Å². The van der Waals surface area contributed by atoms with E-state index in [1.807, 2.05) is 0 Å². The molecular weight excluding hydrogens is 208 g/mol. The summed E-state index contributed by atoms with van der Waals surface area (Å²) in [4.78, 5) is 0. The summed E-state index contributed by atoms with van der Waals surface area (Å²) < 4.78 is 0. The van der Waals surface area contributed by atoms with E-state index < -0.39 is 0 Å². The monoisotopic (exact) mass is 234 g/mol. The summed E-state index contributed by atoms with van der Waals surface area (Å²) in [7, 11) is 0. The number of nitrogens with one attached hydrogen (secondary N) is 1. The van der Waals surface area contributed by atoms with Crippen LogP contribution in [0.1, 0.15) is 64.7 Å². The van der Waals surface area contributed by atoms with Gasteiger partial charge in [0.1, 0.15) is 0 Å². The van der Waals surface area contributed by atoms with Crippen molar-refractivity contribution in [1.29, 1.82) is 5.26 Å². The van der Waals surface area contributed by atoms with Crippen LogP contribution in [0.4, 0.5) is 0 Å². The van der Waals surface area contributed by atoms with E-state index >= 15 is 0 Å². The van der Waals surface area contributed by atoms with Gasteiger partial charge in [0.2, 0.25) is 0 Å². The molecule has 17 heavy (non-hydrogen) atoms. The van der Waals surface area contributed by atoms with Crippen LogP contribution in [-0.4, -0.2) is 12.1 Å². The van der Waals surface area contributed by atoms with Gasteiger partial charge in [0.15, 0.2) is 0 Å². The third-order valence-electron chi connectivity index (χ3n) is 4.72. The SMILES string of the molecule is CC1CCCCCC1NC1CCCCC1C#N. The van der Waals surface area contributed by atoms with E-state index in [-0.39, 0.29) is 5.92 Å². The average molecular weight is 234 g/mol. The molecular formula is C15H26N2. The van der Waals surface area contributed by atoms with Crippen LogP contribution in [0.15, 0.2) is 0 Å². The van der Waals surface area contributed by atoms with E-state index in [9.17, 15) is 5.26 Å². The second-order valence-electron chi connectivity index (χ2n) is 6.01. The Labute approximate surface area is 106 Å². The maximum atomic E-state index is 9.22. The molecule has 0 aliphatic heterocycles. The summed E-state index contributed by atoms with van der Waals surface area (Å²) in [6.07, 6.45) is 11.7. The van der Waals surface area contributed by atoms with Gasteiger partial charge in [-0.15, -0.1) is 0 Å². The molecule has 0 amide bonds. The van der Waals surface area contributed by atoms with Gasteiger partial charge >= 0.3 is 0 Å². The summed E-state index contributed by atoms with van der Waals surface area (Å²) in [5.74, 6) is 1.05. The zero-order chi connectivity index (χ0) is 12.1. The Kier molecular flexibility index (Phi) is 4.86. The van der Waals surface area contributed by atoms with E-state index in [1.54, 1.807) is 0 Å². The van der Waals surface area contributed by atoms with E-state index in [4.69, 9.17) is 0 Å². The predicted molar refractivity (Wildman–Crippen MR) is 70.5 cm³/mol. The highest BCUT2D eigenvalue weighted by Gasteiger charge is 2.29. The zero-order valence-corrected chi connectivity index (χ0v) is 11.1. The molecule has 96 valence electrons. The second-order valence-corrected chi connectivity index (χ2v) is 6.01. The number of rotatable bonds is 2. The maximum Gasteiger partial charge on any atom is 0.0672 e. The van der Waals surface area contributed by atoms with E-state index in [2.05, 4.69) is 18.3 Å². The number of hydrogen-bond donors (Lipinski definition) is 1. The van der Waals surface area contributed by atoms with Gasteiger partial charge in [-0.3, -0.25) is 0 Å². The highest BCUT2D eigenvalue weighted by molar-refractivity contribution is 4.96. The Morgan fingerprint density at radius 3 is 2.35 bits per heavy atom. The fourth-order valence-electron chi connectivity index (χ4n) is 3.50. The molecule has 2 fully saturated rings. The first-order valence-electron chi connectivity index (χ1n) is 7.47. The summed E-state index contributed by atoms with van der Waals surface area (Å²) >= 11 is 0. The minimum atomic E-state index is 0.263. The minimum absolute atomic E-state index is 0.263. The van der Waals surface area contributed by atoms with Crippen LogP contribution in [0, 0.1) is 23.2 Å². The molecule has 0 heterocycles. The van der Waals surface area contributed by atoms with Crippen LogP contribution in [0.5, 0.6) is 0 Å². The minimum Gasteiger partial charge on any atom is -0.310 e. The van der Waals surface area contributed by atoms with Crippen molar-refractivity contribution in [3.63, 3.8) is 0 Å². The van der Waals surface area contributed by atoms with Crippen molar-refractivity contribution in [3.05, 3.63) is 0 Å². The van der Waals surface area contributed by atoms with Gasteiger partial charge in [-0.05, 0) is 31.6 Å². The smallest absolute Gasteiger partial charge is 0.0672 e. The van der Waals surface area contributed by atoms with Crippen molar-refractivity contribution in [1.82, 2.24) is 5.32 Å². The number of hydrogen-bond acceptors (Lipinski definition) is 2. The summed E-state index contributed by atoms with van der Waals surface area (Å²) in [6, 6.07) is 3.65. The predicted octanol–water partition coefficient (Wildman–Crippen LogP) is 3.63. The molecule has 2 saturated carbocycles. The molecule has 2 nitrogen and oxygen atoms in total. The van der Waals surface area contributed by atoms with Crippen LogP contribution in [0.2, 0.25) is 0 Å². The average Bonchev–Trinajstić information content (AvgIpc) is 2.56. The molecule has 1 N–H and O–H groups in total. The van der Waals surface area contributed by atoms with E-state index in [0.29, 0.717) is 12.1 Å². The molecule has 0 aromatic heterocycles. The molecule has 4 unspecified atom stereocenters. The highest BCUT2D eigenvalue weighted by atomic mass is 15.0. The lowest BCUT2D eigenvalue weighted by Gasteiger charge is -2.33. The van der Waals surface area contributed by atoms with Crippen molar-refractivity contribution in [2.24, 2.45) is 11.8 Å². The number of nitriles is 1. The van der Waals surface area contributed by atoms with Crippen LogP contribution in [0.25, 0.3) is 0 Å². The van der Waals surface area contributed by atoms with E-state index in [0.717, 1.165) is 12.3 Å². The second kappa shape index (κ2) is 6.40. The Balaban J connectivity index is 1.91. The molecule has 0 bridgehead atoms. The first-order chi connectivity index (χ1) is 8.31.